The van der Waals surface area contributed by atoms with E-state index in [1.807, 2.05) is 6.92 Å². The SMILES string of the molecule is CCOC(C)CNC(CC)c1ccccc1. The quantitative estimate of drug-likeness (QED) is 0.763. The van der Waals surface area contributed by atoms with Crippen LogP contribution < -0.4 is 5.32 Å². The molecular formula is C14H23NO. The molecule has 0 aliphatic carbocycles. The molecule has 1 N–H and O–H groups in total. The summed E-state index contributed by atoms with van der Waals surface area (Å²) < 4.78 is 5.51. The van der Waals surface area contributed by atoms with E-state index < -0.39 is 0 Å². The average Bonchev–Trinajstić information content (AvgIpc) is 2.31. The van der Waals surface area contributed by atoms with Crippen LogP contribution in [-0.4, -0.2) is 19.3 Å². The van der Waals surface area contributed by atoms with E-state index in [1.165, 1.54) is 5.56 Å². The zero-order valence-corrected chi connectivity index (χ0v) is 10.6. The number of hydrogen-bond donors (Lipinski definition) is 1. The summed E-state index contributed by atoms with van der Waals surface area (Å²) in [5.74, 6) is 0. The third-order valence-electron chi connectivity index (χ3n) is 2.71. The molecule has 0 saturated heterocycles. The summed E-state index contributed by atoms with van der Waals surface area (Å²) in [6.07, 6.45) is 1.38. The fraction of sp³-hybridized carbons (Fsp3) is 0.571. The lowest BCUT2D eigenvalue weighted by atomic mass is 10.0. The van der Waals surface area contributed by atoms with Crippen molar-refractivity contribution in [3.63, 3.8) is 0 Å². The predicted octanol–water partition coefficient (Wildman–Crippen LogP) is 3.15. The zero-order chi connectivity index (χ0) is 11.8. The van der Waals surface area contributed by atoms with Crippen LogP contribution in [0.2, 0.25) is 0 Å². The van der Waals surface area contributed by atoms with Crippen molar-refractivity contribution >= 4 is 0 Å². The Morgan fingerprint density at radius 3 is 2.44 bits per heavy atom. The first-order chi connectivity index (χ1) is 7.77. The lowest BCUT2D eigenvalue weighted by Crippen LogP contribution is -2.30. The highest BCUT2D eigenvalue weighted by Crippen LogP contribution is 2.15. The Morgan fingerprint density at radius 1 is 1.19 bits per heavy atom. The molecule has 0 bridgehead atoms. The summed E-state index contributed by atoms with van der Waals surface area (Å²) in [5, 5.41) is 3.55. The second kappa shape index (κ2) is 7.42. The summed E-state index contributed by atoms with van der Waals surface area (Å²) in [5.41, 5.74) is 1.36. The second-order valence-corrected chi connectivity index (χ2v) is 4.05. The predicted molar refractivity (Wildman–Crippen MR) is 68.6 cm³/mol. The van der Waals surface area contributed by atoms with E-state index in [4.69, 9.17) is 4.74 Å². The summed E-state index contributed by atoms with van der Waals surface area (Å²) in [7, 11) is 0. The van der Waals surface area contributed by atoms with Gasteiger partial charge in [-0.3, -0.25) is 0 Å². The third-order valence-corrected chi connectivity index (χ3v) is 2.71. The molecule has 0 aromatic heterocycles. The van der Waals surface area contributed by atoms with Gasteiger partial charge < -0.3 is 10.1 Å². The first kappa shape index (κ1) is 13.2. The smallest absolute Gasteiger partial charge is 0.0671 e. The van der Waals surface area contributed by atoms with Gasteiger partial charge in [-0.1, -0.05) is 37.3 Å². The van der Waals surface area contributed by atoms with Crippen LogP contribution in [0.3, 0.4) is 0 Å². The van der Waals surface area contributed by atoms with Gasteiger partial charge in [-0.05, 0) is 25.8 Å². The van der Waals surface area contributed by atoms with Gasteiger partial charge in [0.2, 0.25) is 0 Å². The highest BCUT2D eigenvalue weighted by Gasteiger charge is 2.09. The number of benzene rings is 1. The van der Waals surface area contributed by atoms with Crippen LogP contribution in [-0.2, 0) is 4.74 Å². The lowest BCUT2D eigenvalue weighted by molar-refractivity contribution is 0.0738. The summed E-state index contributed by atoms with van der Waals surface area (Å²) in [6.45, 7) is 8.03. The molecule has 0 aliphatic rings. The molecule has 2 heteroatoms. The minimum absolute atomic E-state index is 0.280. The van der Waals surface area contributed by atoms with E-state index >= 15 is 0 Å². The fourth-order valence-electron chi connectivity index (χ4n) is 1.83. The summed E-state index contributed by atoms with van der Waals surface area (Å²) in [6, 6.07) is 11.0. The number of rotatable bonds is 7. The highest BCUT2D eigenvalue weighted by atomic mass is 16.5. The van der Waals surface area contributed by atoms with Gasteiger partial charge in [-0.2, -0.15) is 0 Å². The number of ether oxygens (including phenoxy) is 1. The maximum atomic E-state index is 5.51. The molecule has 1 aromatic carbocycles. The van der Waals surface area contributed by atoms with Crippen LogP contribution >= 0.6 is 0 Å². The van der Waals surface area contributed by atoms with Crippen molar-refractivity contribution in [3.05, 3.63) is 35.9 Å². The highest BCUT2D eigenvalue weighted by molar-refractivity contribution is 5.18. The molecule has 1 aromatic rings. The van der Waals surface area contributed by atoms with E-state index in [2.05, 4.69) is 49.5 Å². The summed E-state index contributed by atoms with van der Waals surface area (Å²) in [4.78, 5) is 0. The topological polar surface area (TPSA) is 21.3 Å². The second-order valence-electron chi connectivity index (χ2n) is 4.05. The molecule has 0 heterocycles. The minimum atomic E-state index is 0.280. The van der Waals surface area contributed by atoms with Crippen LogP contribution in [0.15, 0.2) is 30.3 Å². The molecule has 16 heavy (non-hydrogen) atoms. The molecule has 1 rings (SSSR count). The van der Waals surface area contributed by atoms with Crippen molar-refractivity contribution < 1.29 is 4.74 Å². The molecule has 2 unspecified atom stereocenters. The molecule has 0 saturated carbocycles. The van der Waals surface area contributed by atoms with Crippen molar-refractivity contribution in [2.45, 2.75) is 39.3 Å². The van der Waals surface area contributed by atoms with Crippen LogP contribution in [0, 0.1) is 0 Å². The van der Waals surface area contributed by atoms with Gasteiger partial charge in [-0.25, -0.2) is 0 Å². The standard InChI is InChI=1S/C14H23NO/c1-4-14(13-9-7-6-8-10-13)15-11-12(3)16-5-2/h6-10,12,14-15H,4-5,11H2,1-3H3. The van der Waals surface area contributed by atoms with Crippen LogP contribution in [0.25, 0.3) is 0 Å². The van der Waals surface area contributed by atoms with Gasteiger partial charge in [0.25, 0.3) is 0 Å². The maximum Gasteiger partial charge on any atom is 0.0671 e. The van der Waals surface area contributed by atoms with E-state index in [0.717, 1.165) is 19.6 Å². The van der Waals surface area contributed by atoms with Crippen molar-refractivity contribution in [1.29, 1.82) is 0 Å². The Kier molecular flexibility index (Phi) is 6.12. The number of hydrogen-bond acceptors (Lipinski definition) is 2. The molecule has 0 aliphatic heterocycles. The largest absolute Gasteiger partial charge is 0.377 e. The van der Waals surface area contributed by atoms with Crippen molar-refractivity contribution in [3.8, 4) is 0 Å². The molecule has 0 fully saturated rings. The van der Waals surface area contributed by atoms with Gasteiger partial charge in [0.05, 0.1) is 6.10 Å². The van der Waals surface area contributed by atoms with Gasteiger partial charge in [0.15, 0.2) is 0 Å². The molecule has 2 atom stereocenters. The molecule has 0 spiro atoms. The lowest BCUT2D eigenvalue weighted by Gasteiger charge is -2.20. The molecule has 90 valence electrons. The molecular weight excluding hydrogens is 198 g/mol. The Hall–Kier alpha value is -0.860. The van der Waals surface area contributed by atoms with Crippen molar-refractivity contribution in [1.82, 2.24) is 5.32 Å². The van der Waals surface area contributed by atoms with Crippen LogP contribution in [0.1, 0.15) is 38.8 Å². The maximum absolute atomic E-state index is 5.51. The Labute approximate surface area is 99.0 Å². The van der Waals surface area contributed by atoms with Gasteiger partial charge >= 0.3 is 0 Å². The molecule has 0 radical (unpaired) electrons. The first-order valence-electron chi connectivity index (χ1n) is 6.17. The molecule has 2 nitrogen and oxygen atoms in total. The first-order valence-corrected chi connectivity index (χ1v) is 6.17. The van der Waals surface area contributed by atoms with Crippen molar-refractivity contribution in [2.24, 2.45) is 0 Å². The zero-order valence-electron chi connectivity index (χ0n) is 10.6. The van der Waals surface area contributed by atoms with E-state index in [9.17, 15) is 0 Å². The Bertz CT molecular complexity index is 273. The van der Waals surface area contributed by atoms with Gasteiger partial charge in [0.1, 0.15) is 0 Å². The van der Waals surface area contributed by atoms with E-state index in [0.29, 0.717) is 6.04 Å². The average molecular weight is 221 g/mol. The van der Waals surface area contributed by atoms with Gasteiger partial charge in [-0.15, -0.1) is 0 Å². The van der Waals surface area contributed by atoms with Gasteiger partial charge in [0, 0.05) is 19.2 Å². The Balaban J connectivity index is 2.44. The normalized spacial score (nSPS) is 14.7. The minimum Gasteiger partial charge on any atom is -0.377 e. The molecule has 0 amide bonds. The fourth-order valence-corrected chi connectivity index (χ4v) is 1.83. The van der Waals surface area contributed by atoms with E-state index in [1.54, 1.807) is 0 Å². The summed E-state index contributed by atoms with van der Waals surface area (Å²) >= 11 is 0. The monoisotopic (exact) mass is 221 g/mol. The Morgan fingerprint density at radius 2 is 1.88 bits per heavy atom. The van der Waals surface area contributed by atoms with Crippen molar-refractivity contribution in [2.75, 3.05) is 13.2 Å². The number of nitrogens with one attached hydrogen (secondary N) is 1. The van der Waals surface area contributed by atoms with Crippen LogP contribution in [0.5, 0.6) is 0 Å². The van der Waals surface area contributed by atoms with Crippen LogP contribution in [0.4, 0.5) is 0 Å². The van der Waals surface area contributed by atoms with E-state index in [-0.39, 0.29) is 6.10 Å². The third kappa shape index (κ3) is 4.33.